The number of nitrogens with zero attached hydrogens (tertiary/aromatic N) is 2. The quantitative estimate of drug-likeness (QED) is 0.645. The Hall–Kier alpha value is -2.22. The van der Waals surface area contributed by atoms with Crippen LogP contribution in [0.5, 0.6) is 0 Å². The lowest BCUT2D eigenvalue weighted by Gasteiger charge is -2.32. The molecule has 1 aromatic carbocycles. The Kier molecular flexibility index (Phi) is 5.99. The molecule has 2 aromatic heterocycles. The second-order valence-corrected chi connectivity index (χ2v) is 8.58. The molecular weight excluding hydrogens is 408 g/mol. The number of carbonyl (C=O) groups is 1. The number of aromatic amines is 1. The van der Waals surface area contributed by atoms with Crippen LogP contribution in [0, 0.1) is 0 Å². The zero-order valence-electron chi connectivity index (χ0n) is 16.2. The molecular formula is C21H23ClN4O2S. The standard InChI is InChI=1S/C21H23ClN4O2S/c1-2-18(27)23-13-6-5-9-26(10-13)11-17-24-20(28)19-15(12-29-21(19)25-17)14-7-3-4-8-16(14)22/h3-4,7-8,12-13H,2,5-6,9-11H2,1H3,(H,23,27)(H,24,25,28). The second kappa shape index (κ2) is 8.65. The van der Waals surface area contributed by atoms with E-state index < -0.39 is 0 Å². The summed E-state index contributed by atoms with van der Waals surface area (Å²) in [6, 6.07) is 7.66. The molecule has 8 heteroatoms. The highest BCUT2D eigenvalue weighted by atomic mass is 35.5. The second-order valence-electron chi connectivity index (χ2n) is 7.32. The molecule has 1 amide bonds. The van der Waals surface area contributed by atoms with Crippen molar-refractivity contribution in [2.45, 2.75) is 38.8 Å². The van der Waals surface area contributed by atoms with Crippen molar-refractivity contribution in [1.29, 1.82) is 0 Å². The Bertz CT molecular complexity index is 1090. The highest BCUT2D eigenvalue weighted by Crippen LogP contribution is 2.34. The van der Waals surface area contributed by atoms with Gasteiger partial charge < -0.3 is 10.3 Å². The molecule has 1 unspecified atom stereocenters. The Morgan fingerprint density at radius 2 is 2.21 bits per heavy atom. The number of fused-ring (bicyclic) bond motifs is 1. The first kappa shape index (κ1) is 20.1. The van der Waals surface area contributed by atoms with E-state index in [1.807, 2.05) is 36.6 Å². The van der Waals surface area contributed by atoms with Crippen molar-refractivity contribution in [1.82, 2.24) is 20.2 Å². The van der Waals surface area contributed by atoms with Gasteiger partial charge in [0.15, 0.2) is 0 Å². The number of amides is 1. The fraction of sp³-hybridized carbons (Fsp3) is 0.381. The van der Waals surface area contributed by atoms with Gasteiger partial charge in [0.1, 0.15) is 10.7 Å². The summed E-state index contributed by atoms with van der Waals surface area (Å²) in [7, 11) is 0. The molecule has 0 radical (unpaired) electrons. The van der Waals surface area contributed by atoms with E-state index >= 15 is 0 Å². The van der Waals surface area contributed by atoms with Gasteiger partial charge in [-0.2, -0.15) is 0 Å². The monoisotopic (exact) mass is 430 g/mol. The van der Waals surface area contributed by atoms with Gasteiger partial charge in [0.2, 0.25) is 5.91 Å². The van der Waals surface area contributed by atoms with Gasteiger partial charge in [-0.1, -0.05) is 36.7 Å². The maximum absolute atomic E-state index is 12.8. The maximum atomic E-state index is 12.8. The van der Waals surface area contributed by atoms with Crippen LogP contribution in [0.3, 0.4) is 0 Å². The van der Waals surface area contributed by atoms with Gasteiger partial charge >= 0.3 is 0 Å². The molecule has 2 N–H and O–H groups in total. The number of benzene rings is 1. The van der Waals surface area contributed by atoms with E-state index in [2.05, 4.69) is 15.2 Å². The van der Waals surface area contributed by atoms with Crippen LogP contribution in [-0.4, -0.2) is 39.9 Å². The summed E-state index contributed by atoms with van der Waals surface area (Å²) in [5.74, 6) is 0.730. The third-order valence-corrected chi connectivity index (χ3v) is 6.42. The van der Waals surface area contributed by atoms with Gasteiger partial charge in [-0.25, -0.2) is 4.98 Å². The van der Waals surface area contributed by atoms with Crippen LogP contribution in [-0.2, 0) is 11.3 Å². The first-order chi connectivity index (χ1) is 14.0. The van der Waals surface area contributed by atoms with Crippen LogP contribution in [0.4, 0.5) is 0 Å². The molecule has 0 bridgehead atoms. The fourth-order valence-corrected chi connectivity index (χ4v) is 5.00. The Labute approximate surface area is 177 Å². The number of H-pyrrole nitrogens is 1. The number of halogens is 1. The summed E-state index contributed by atoms with van der Waals surface area (Å²) in [5, 5.41) is 6.21. The topological polar surface area (TPSA) is 78.1 Å². The van der Waals surface area contributed by atoms with E-state index in [1.54, 1.807) is 0 Å². The lowest BCUT2D eigenvalue weighted by atomic mass is 10.1. The van der Waals surface area contributed by atoms with E-state index in [1.165, 1.54) is 11.3 Å². The van der Waals surface area contributed by atoms with Crippen LogP contribution < -0.4 is 10.9 Å². The summed E-state index contributed by atoms with van der Waals surface area (Å²) in [4.78, 5) is 35.1. The largest absolute Gasteiger partial charge is 0.352 e. The average molecular weight is 431 g/mol. The first-order valence-electron chi connectivity index (χ1n) is 9.82. The lowest BCUT2D eigenvalue weighted by Crippen LogP contribution is -2.47. The van der Waals surface area contributed by atoms with E-state index in [4.69, 9.17) is 16.6 Å². The van der Waals surface area contributed by atoms with Gasteiger partial charge in [-0.15, -0.1) is 11.3 Å². The molecule has 4 rings (SSSR count). The van der Waals surface area contributed by atoms with Crippen molar-refractivity contribution in [3.8, 4) is 11.1 Å². The minimum absolute atomic E-state index is 0.0792. The van der Waals surface area contributed by atoms with E-state index in [0.717, 1.165) is 37.1 Å². The van der Waals surface area contributed by atoms with Gasteiger partial charge in [-0.3, -0.25) is 14.5 Å². The zero-order chi connectivity index (χ0) is 20.4. The van der Waals surface area contributed by atoms with Gasteiger partial charge in [0.05, 0.1) is 11.9 Å². The number of hydrogen-bond donors (Lipinski definition) is 2. The average Bonchev–Trinajstić information content (AvgIpc) is 3.13. The van der Waals surface area contributed by atoms with Crippen LogP contribution in [0.2, 0.25) is 5.02 Å². The van der Waals surface area contributed by atoms with Gasteiger partial charge in [0.25, 0.3) is 5.56 Å². The first-order valence-corrected chi connectivity index (χ1v) is 11.1. The van der Waals surface area contributed by atoms with Gasteiger partial charge in [0, 0.05) is 40.5 Å². The molecule has 1 aliphatic rings. The molecule has 3 aromatic rings. The summed E-state index contributed by atoms with van der Waals surface area (Å²) >= 11 is 7.78. The van der Waals surface area contributed by atoms with Crippen LogP contribution in [0.1, 0.15) is 32.0 Å². The SMILES string of the molecule is CCC(=O)NC1CCCN(Cc2nc3scc(-c4ccccc4Cl)c3c(=O)[nH]2)C1. The molecule has 152 valence electrons. The van der Waals surface area contributed by atoms with Crippen molar-refractivity contribution in [2.75, 3.05) is 13.1 Å². The van der Waals surface area contributed by atoms with Crippen molar-refractivity contribution < 1.29 is 4.79 Å². The van der Waals surface area contributed by atoms with E-state index in [0.29, 0.717) is 34.0 Å². The summed E-state index contributed by atoms with van der Waals surface area (Å²) < 4.78 is 0. The number of hydrogen-bond acceptors (Lipinski definition) is 5. The minimum atomic E-state index is -0.144. The maximum Gasteiger partial charge on any atom is 0.260 e. The minimum Gasteiger partial charge on any atom is -0.352 e. The molecule has 0 aliphatic carbocycles. The number of likely N-dealkylation sites (tertiary alicyclic amines) is 1. The predicted octanol–water partition coefficient (Wildman–Crippen LogP) is 3.80. The van der Waals surface area contributed by atoms with Crippen LogP contribution >= 0.6 is 22.9 Å². The third-order valence-electron chi connectivity index (χ3n) is 5.22. The molecule has 3 heterocycles. The fourth-order valence-electron chi connectivity index (χ4n) is 3.80. The van der Waals surface area contributed by atoms with Crippen molar-refractivity contribution in [2.24, 2.45) is 0 Å². The Morgan fingerprint density at radius 3 is 3.00 bits per heavy atom. The van der Waals surface area contributed by atoms with E-state index in [9.17, 15) is 9.59 Å². The Balaban J connectivity index is 1.56. The zero-order valence-corrected chi connectivity index (χ0v) is 17.8. The highest BCUT2D eigenvalue weighted by molar-refractivity contribution is 7.17. The smallest absolute Gasteiger partial charge is 0.260 e. The van der Waals surface area contributed by atoms with Crippen LogP contribution in [0.15, 0.2) is 34.4 Å². The number of rotatable bonds is 5. The summed E-state index contributed by atoms with van der Waals surface area (Å²) in [6.07, 6.45) is 2.49. The highest BCUT2D eigenvalue weighted by Gasteiger charge is 2.22. The van der Waals surface area contributed by atoms with Crippen molar-refractivity contribution in [3.63, 3.8) is 0 Å². The molecule has 29 heavy (non-hydrogen) atoms. The van der Waals surface area contributed by atoms with Crippen molar-refractivity contribution >= 4 is 39.1 Å². The summed E-state index contributed by atoms with van der Waals surface area (Å²) in [5.41, 5.74) is 1.51. The van der Waals surface area contributed by atoms with Gasteiger partial charge in [-0.05, 0) is 25.5 Å². The number of piperidine rings is 1. The molecule has 1 saturated heterocycles. The Morgan fingerprint density at radius 1 is 1.38 bits per heavy atom. The molecule has 1 fully saturated rings. The summed E-state index contributed by atoms with van der Waals surface area (Å²) in [6.45, 7) is 4.11. The van der Waals surface area contributed by atoms with E-state index in [-0.39, 0.29) is 17.5 Å². The number of thiophene rings is 1. The molecule has 1 atom stereocenters. The lowest BCUT2D eigenvalue weighted by molar-refractivity contribution is -0.121. The normalized spacial score (nSPS) is 17.5. The number of carbonyl (C=O) groups excluding carboxylic acids is 1. The number of nitrogens with one attached hydrogen (secondary N) is 2. The van der Waals surface area contributed by atoms with Crippen molar-refractivity contribution in [3.05, 3.63) is 50.8 Å². The molecule has 0 spiro atoms. The number of aromatic nitrogens is 2. The molecule has 1 aliphatic heterocycles. The van der Waals surface area contributed by atoms with Crippen LogP contribution in [0.25, 0.3) is 21.3 Å². The predicted molar refractivity (Wildman–Crippen MR) is 117 cm³/mol. The molecule has 6 nitrogen and oxygen atoms in total. The third kappa shape index (κ3) is 4.37. The molecule has 0 saturated carbocycles.